The summed E-state index contributed by atoms with van der Waals surface area (Å²) in [5.74, 6) is -1.11. The lowest BCUT2D eigenvalue weighted by Crippen LogP contribution is -2.35. The van der Waals surface area contributed by atoms with Crippen LogP contribution in [0.3, 0.4) is 0 Å². The SMILES string of the molecule is [C-]#[N+]c1c(N2CCOCC2)sc(C(=O)O)c1Cn1cnc2ccccc2c1=O. The van der Waals surface area contributed by atoms with Crippen LogP contribution in [0, 0.1) is 6.57 Å². The molecule has 4 rings (SSSR count). The van der Waals surface area contributed by atoms with Crippen molar-refractivity contribution in [3.8, 4) is 0 Å². The lowest BCUT2D eigenvalue weighted by molar-refractivity contribution is 0.0701. The van der Waals surface area contributed by atoms with Crippen LogP contribution in [-0.4, -0.2) is 46.9 Å². The van der Waals surface area contributed by atoms with Crippen LogP contribution in [0.25, 0.3) is 15.7 Å². The highest BCUT2D eigenvalue weighted by Gasteiger charge is 2.27. The fraction of sp³-hybridized carbons (Fsp3) is 0.263. The van der Waals surface area contributed by atoms with E-state index in [2.05, 4.69) is 9.83 Å². The Balaban J connectivity index is 1.82. The Morgan fingerprint density at radius 1 is 1.32 bits per heavy atom. The number of fused-ring (bicyclic) bond motifs is 1. The maximum Gasteiger partial charge on any atom is 0.344 e. The fourth-order valence-corrected chi connectivity index (χ4v) is 4.39. The van der Waals surface area contributed by atoms with Crippen molar-refractivity contribution in [3.05, 3.63) is 62.8 Å². The number of rotatable bonds is 4. The summed E-state index contributed by atoms with van der Waals surface area (Å²) in [5.41, 5.74) is 0.932. The van der Waals surface area contributed by atoms with Gasteiger partial charge in [-0.1, -0.05) is 12.1 Å². The number of aromatic carboxylic acids is 1. The normalized spacial score (nSPS) is 14.2. The smallest absolute Gasteiger partial charge is 0.344 e. The van der Waals surface area contributed by atoms with E-state index in [1.807, 2.05) is 4.90 Å². The maximum absolute atomic E-state index is 12.8. The molecule has 0 spiro atoms. The summed E-state index contributed by atoms with van der Waals surface area (Å²) in [7, 11) is 0. The van der Waals surface area contributed by atoms with Gasteiger partial charge < -0.3 is 14.7 Å². The van der Waals surface area contributed by atoms with Crippen molar-refractivity contribution in [1.29, 1.82) is 0 Å². The van der Waals surface area contributed by atoms with Gasteiger partial charge in [0.1, 0.15) is 4.88 Å². The van der Waals surface area contributed by atoms with Crippen LogP contribution < -0.4 is 10.5 Å². The number of thiophene rings is 1. The van der Waals surface area contributed by atoms with E-state index in [0.29, 0.717) is 47.8 Å². The third-order valence-corrected chi connectivity index (χ3v) is 5.90. The first kappa shape index (κ1) is 18.2. The number of hydrogen-bond acceptors (Lipinski definition) is 6. The number of aromatic nitrogens is 2. The summed E-state index contributed by atoms with van der Waals surface area (Å²) in [4.78, 5) is 34.6. The minimum atomic E-state index is -1.11. The minimum Gasteiger partial charge on any atom is -0.477 e. The molecule has 1 fully saturated rings. The Hall–Kier alpha value is -3.22. The van der Waals surface area contributed by atoms with E-state index in [9.17, 15) is 14.7 Å². The molecule has 28 heavy (non-hydrogen) atoms. The van der Waals surface area contributed by atoms with E-state index in [1.165, 1.54) is 10.9 Å². The molecule has 0 aliphatic carbocycles. The molecule has 0 radical (unpaired) electrons. The zero-order chi connectivity index (χ0) is 19.7. The van der Waals surface area contributed by atoms with E-state index in [1.54, 1.807) is 24.3 Å². The average molecular weight is 396 g/mol. The Bertz CT molecular complexity index is 1150. The summed E-state index contributed by atoms with van der Waals surface area (Å²) in [6.45, 7) is 9.86. The zero-order valence-corrected chi connectivity index (χ0v) is 15.6. The monoisotopic (exact) mass is 396 g/mol. The van der Waals surface area contributed by atoms with Crippen molar-refractivity contribution >= 4 is 38.9 Å². The molecule has 1 aliphatic heterocycles. The summed E-state index contributed by atoms with van der Waals surface area (Å²) in [6.07, 6.45) is 1.40. The minimum absolute atomic E-state index is 0.0170. The Labute approximate surface area is 164 Å². The van der Waals surface area contributed by atoms with Gasteiger partial charge in [0.2, 0.25) is 5.69 Å². The van der Waals surface area contributed by atoms with Crippen LogP contribution in [0.15, 0.2) is 35.4 Å². The molecule has 8 nitrogen and oxygen atoms in total. The number of carboxylic acids is 1. The number of morpholine rings is 1. The second-order valence-corrected chi connectivity index (χ2v) is 7.27. The van der Waals surface area contributed by atoms with Gasteiger partial charge in [-0.15, -0.1) is 11.3 Å². The predicted octanol–water partition coefficient (Wildman–Crippen LogP) is 2.59. The number of para-hydroxylation sites is 1. The van der Waals surface area contributed by atoms with Crippen LogP contribution in [-0.2, 0) is 11.3 Å². The van der Waals surface area contributed by atoms with Gasteiger partial charge in [0, 0.05) is 25.2 Å². The molecule has 0 amide bonds. The first-order valence-corrected chi connectivity index (χ1v) is 9.45. The van der Waals surface area contributed by atoms with Crippen LogP contribution >= 0.6 is 11.3 Å². The number of carbonyl (C=O) groups is 1. The third-order valence-electron chi connectivity index (χ3n) is 4.63. The van der Waals surface area contributed by atoms with Crippen LogP contribution in [0.1, 0.15) is 15.2 Å². The first-order chi connectivity index (χ1) is 13.6. The molecule has 3 heterocycles. The molecule has 0 unspecified atom stereocenters. The largest absolute Gasteiger partial charge is 0.477 e. The molecule has 1 saturated heterocycles. The van der Waals surface area contributed by atoms with Gasteiger partial charge in [0.15, 0.2) is 0 Å². The lowest BCUT2D eigenvalue weighted by atomic mass is 10.2. The van der Waals surface area contributed by atoms with Gasteiger partial charge in [-0.3, -0.25) is 9.36 Å². The van der Waals surface area contributed by atoms with E-state index >= 15 is 0 Å². The zero-order valence-electron chi connectivity index (χ0n) is 14.8. The molecule has 0 saturated carbocycles. The van der Waals surface area contributed by atoms with Crippen LogP contribution in [0.4, 0.5) is 10.7 Å². The molecule has 0 bridgehead atoms. The van der Waals surface area contributed by atoms with Crippen molar-refractivity contribution in [2.45, 2.75) is 6.54 Å². The second kappa shape index (κ2) is 7.42. The first-order valence-electron chi connectivity index (χ1n) is 8.63. The van der Waals surface area contributed by atoms with Crippen molar-refractivity contribution in [3.63, 3.8) is 0 Å². The molecule has 1 aliphatic rings. The molecule has 9 heteroatoms. The highest BCUT2D eigenvalue weighted by atomic mass is 32.1. The Morgan fingerprint density at radius 2 is 2.07 bits per heavy atom. The van der Waals surface area contributed by atoms with E-state index < -0.39 is 5.97 Å². The van der Waals surface area contributed by atoms with Gasteiger partial charge >= 0.3 is 5.97 Å². The van der Waals surface area contributed by atoms with Crippen LogP contribution in [0.5, 0.6) is 0 Å². The molecular formula is C19H16N4O4S. The van der Waals surface area contributed by atoms with Crippen molar-refractivity contribution in [2.75, 3.05) is 31.2 Å². The summed E-state index contributed by atoms with van der Waals surface area (Å²) in [5, 5.41) is 10.7. The van der Waals surface area contributed by atoms with Gasteiger partial charge in [0.25, 0.3) is 5.56 Å². The predicted molar refractivity (Wildman–Crippen MR) is 106 cm³/mol. The Kier molecular flexibility index (Phi) is 4.81. The summed E-state index contributed by atoms with van der Waals surface area (Å²) >= 11 is 1.08. The fourth-order valence-electron chi connectivity index (χ4n) is 3.25. The van der Waals surface area contributed by atoms with Gasteiger partial charge in [0.05, 0.1) is 42.0 Å². The second-order valence-electron chi connectivity index (χ2n) is 6.27. The number of carboxylic acid groups (broad SMARTS) is 1. The number of benzene rings is 1. The van der Waals surface area contributed by atoms with Gasteiger partial charge in [-0.25, -0.2) is 14.6 Å². The van der Waals surface area contributed by atoms with Crippen molar-refractivity contribution in [2.24, 2.45) is 0 Å². The topological polar surface area (TPSA) is 89.0 Å². The van der Waals surface area contributed by atoms with Gasteiger partial charge in [-0.05, 0) is 12.1 Å². The molecule has 2 aromatic heterocycles. The third kappa shape index (κ3) is 3.13. The molecular weight excluding hydrogens is 380 g/mol. The van der Waals surface area contributed by atoms with E-state index in [4.69, 9.17) is 11.3 Å². The van der Waals surface area contributed by atoms with Crippen molar-refractivity contribution in [1.82, 2.24) is 9.55 Å². The number of hydrogen-bond donors (Lipinski definition) is 1. The molecule has 0 atom stereocenters. The molecule has 1 N–H and O–H groups in total. The molecule has 3 aromatic rings. The van der Waals surface area contributed by atoms with Crippen molar-refractivity contribution < 1.29 is 14.6 Å². The quantitative estimate of drug-likeness (QED) is 0.682. The molecule has 1 aromatic carbocycles. The van der Waals surface area contributed by atoms with E-state index in [0.717, 1.165) is 11.3 Å². The highest BCUT2D eigenvalue weighted by molar-refractivity contribution is 7.18. The van der Waals surface area contributed by atoms with Gasteiger partial charge in [-0.2, -0.15) is 0 Å². The number of nitrogens with zero attached hydrogens (tertiary/aromatic N) is 4. The number of ether oxygens (including phenoxy) is 1. The number of anilines is 1. The lowest BCUT2D eigenvalue weighted by Gasteiger charge is -2.28. The summed E-state index contributed by atoms with van der Waals surface area (Å²) < 4.78 is 6.70. The maximum atomic E-state index is 12.8. The highest BCUT2D eigenvalue weighted by Crippen LogP contribution is 2.43. The van der Waals surface area contributed by atoms with Crippen LogP contribution in [0.2, 0.25) is 0 Å². The standard InChI is InChI=1S/C19H16N4O4S/c1-20-15-13(10-23-11-21-14-5-3-2-4-12(14)17(23)24)16(19(25)26)28-18(15)22-6-8-27-9-7-22/h2-5,11H,6-10H2,(H,25,26). The average Bonchev–Trinajstić information content (AvgIpc) is 3.09. The van der Waals surface area contributed by atoms with E-state index in [-0.39, 0.29) is 22.7 Å². The Morgan fingerprint density at radius 3 is 2.79 bits per heavy atom. The molecule has 142 valence electrons. The summed E-state index contributed by atoms with van der Waals surface area (Å²) in [6, 6.07) is 6.98.